The lowest BCUT2D eigenvalue weighted by molar-refractivity contribution is -0.126. The molecule has 3 heterocycles. The number of carbonyl (C=O) groups excluding carboxylic acids is 2. The maximum atomic E-state index is 14.7. The van der Waals surface area contributed by atoms with Crippen LogP contribution in [0.5, 0.6) is 0 Å². The topological polar surface area (TPSA) is 86.7 Å². The lowest BCUT2D eigenvalue weighted by Gasteiger charge is -2.32. The molecular formula is C22H14ClFN2O4S. The summed E-state index contributed by atoms with van der Waals surface area (Å²) in [6.45, 7) is 0. The molecule has 5 rings (SSSR count). The van der Waals surface area contributed by atoms with Crippen molar-refractivity contribution in [3.05, 3.63) is 68.6 Å². The summed E-state index contributed by atoms with van der Waals surface area (Å²) in [4.78, 5) is 40.1. The van der Waals surface area contributed by atoms with Crippen LogP contribution in [-0.4, -0.2) is 29.9 Å². The van der Waals surface area contributed by atoms with Gasteiger partial charge in [0.05, 0.1) is 27.7 Å². The number of rotatable bonds is 2. The van der Waals surface area contributed by atoms with Crippen LogP contribution in [-0.2, 0) is 15.0 Å². The van der Waals surface area contributed by atoms with Crippen molar-refractivity contribution in [1.82, 2.24) is 0 Å². The van der Waals surface area contributed by atoms with Gasteiger partial charge in [-0.15, -0.1) is 11.3 Å². The van der Waals surface area contributed by atoms with E-state index in [1.807, 2.05) is 0 Å². The third-order valence-corrected chi connectivity index (χ3v) is 7.42. The van der Waals surface area contributed by atoms with Gasteiger partial charge in [0.15, 0.2) is 0 Å². The average molecular weight is 457 g/mol. The van der Waals surface area contributed by atoms with E-state index in [0.29, 0.717) is 21.2 Å². The number of hydrogen-bond acceptors (Lipinski definition) is 4. The largest absolute Gasteiger partial charge is 0.477 e. The number of benzene rings is 2. The van der Waals surface area contributed by atoms with Gasteiger partial charge in [0, 0.05) is 18.2 Å². The Labute approximate surface area is 184 Å². The van der Waals surface area contributed by atoms with Crippen molar-refractivity contribution >= 4 is 52.1 Å². The van der Waals surface area contributed by atoms with Crippen LogP contribution in [0.4, 0.5) is 15.8 Å². The Kier molecular flexibility index (Phi) is 4.22. The molecule has 9 heteroatoms. The molecule has 1 atom stereocenters. The number of likely N-dealkylation sites (N-methyl/N-ethyl adjacent to an activating group) is 1. The second-order valence-corrected chi connectivity index (χ2v) is 8.85. The Balaban J connectivity index is 1.89. The van der Waals surface area contributed by atoms with E-state index in [1.165, 1.54) is 23.1 Å². The quantitative estimate of drug-likeness (QED) is 0.594. The summed E-state index contributed by atoms with van der Waals surface area (Å²) in [6, 6.07) is 10.8. The second kappa shape index (κ2) is 6.63. The normalized spacial score (nSPS) is 19.4. The number of para-hydroxylation sites is 1. The number of amides is 2. The lowest BCUT2D eigenvalue weighted by atomic mass is 9.74. The first kappa shape index (κ1) is 19.7. The summed E-state index contributed by atoms with van der Waals surface area (Å²) in [5.74, 6) is -2.75. The molecule has 0 saturated carbocycles. The summed E-state index contributed by atoms with van der Waals surface area (Å²) in [5, 5.41) is 12.9. The number of nitrogens with zero attached hydrogens (tertiary/aromatic N) is 1. The fraction of sp³-hybridized carbons (Fsp3) is 0.136. The van der Waals surface area contributed by atoms with Crippen LogP contribution >= 0.6 is 22.9 Å². The zero-order valence-corrected chi connectivity index (χ0v) is 17.6. The van der Waals surface area contributed by atoms with Crippen LogP contribution in [0.1, 0.15) is 26.5 Å². The Hall–Kier alpha value is -3.23. The van der Waals surface area contributed by atoms with E-state index < -0.39 is 23.1 Å². The molecule has 2 aromatic carbocycles. The SMILES string of the molecule is CN1C(=O)[C@]2(CC(=O)Nc3c2sc(C(=O)O)c3-c2ccccc2F)c2cccc(Cl)c21. The van der Waals surface area contributed by atoms with E-state index in [-0.39, 0.29) is 34.0 Å². The maximum Gasteiger partial charge on any atom is 0.346 e. The first-order valence-electron chi connectivity index (χ1n) is 9.30. The minimum atomic E-state index is -1.43. The van der Waals surface area contributed by atoms with Gasteiger partial charge in [0.25, 0.3) is 0 Å². The smallest absolute Gasteiger partial charge is 0.346 e. The molecule has 3 aromatic rings. The van der Waals surface area contributed by atoms with Crippen LogP contribution in [0, 0.1) is 5.82 Å². The molecule has 0 aliphatic carbocycles. The van der Waals surface area contributed by atoms with Crippen LogP contribution in [0.25, 0.3) is 11.1 Å². The average Bonchev–Trinajstić information content (AvgIpc) is 3.20. The monoisotopic (exact) mass is 456 g/mol. The highest BCUT2D eigenvalue weighted by Crippen LogP contribution is 2.58. The van der Waals surface area contributed by atoms with E-state index in [4.69, 9.17) is 11.6 Å². The molecule has 0 unspecified atom stereocenters. The van der Waals surface area contributed by atoms with Gasteiger partial charge in [-0.1, -0.05) is 41.9 Å². The van der Waals surface area contributed by atoms with E-state index >= 15 is 0 Å². The summed E-state index contributed by atoms with van der Waals surface area (Å²) in [6.07, 6.45) is -0.202. The standard InChI is InChI=1S/C22H14ClFN2O4S/c1-26-17-11(6-4-7-12(17)23)22(21(26)30)9-14(27)25-16-15(10-5-2-3-8-13(10)24)18(20(28)29)31-19(16)22/h2-8H,9H2,1H3,(H,25,27)(H,28,29)/t22-/m1/s1. The molecular weight excluding hydrogens is 443 g/mol. The molecule has 0 fully saturated rings. The molecule has 0 radical (unpaired) electrons. The molecule has 0 saturated heterocycles. The maximum absolute atomic E-state index is 14.7. The number of carboxylic acid groups (broad SMARTS) is 1. The number of aromatic carboxylic acids is 1. The molecule has 2 amide bonds. The minimum Gasteiger partial charge on any atom is -0.477 e. The van der Waals surface area contributed by atoms with Crippen molar-refractivity contribution in [1.29, 1.82) is 0 Å². The zero-order valence-electron chi connectivity index (χ0n) is 16.0. The van der Waals surface area contributed by atoms with Gasteiger partial charge in [-0.05, 0) is 17.7 Å². The summed E-state index contributed by atoms with van der Waals surface area (Å²) in [5.41, 5.74) is -0.165. The van der Waals surface area contributed by atoms with Crippen molar-refractivity contribution in [2.75, 3.05) is 17.3 Å². The Bertz CT molecular complexity index is 1320. The summed E-state index contributed by atoms with van der Waals surface area (Å²) < 4.78 is 14.7. The number of carboxylic acids is 1. The van der Waals surface area contributed by atoms with Crippen molar-refractivity contribution in [3.8, 4) is 11.1 Å². The zero-order chi connectivity index (χ0) is 22.1. The Morgan fingerprint density at radius 3 is 2.68 bits per heavy atom. The molecule has 156 valence electrons. The molecule has 2 N–H and O–H groups in total. The van der Waals surface area contributed by atoms with Crippen molar-refractivity contribution in [3.63, 3.8) is 0 Å². The van der Waals surface area contributed by atoms with Crippen LogP contribution < -0.4 is 10.2 Å². The van der Waals surface area contributed by atoms with Crippen molar-refractivity contribution < 1.29 is 23.9 Å². The summed E-state index contributed by atoms with van der Waals surface area (Å²) in [7, 11) is 1.57. The summed E-state index contributed by atoms with van der Waals surface area (Å²) >= 11 is 7.24. The van der Waals surface area contributed by atoms with Gasteiger partial charge in [0.1, 0.15) is 16.1 Å². The van der Waals surface area contributed by atoms with Gasteiger partial charge < -0.3 is 15.3 Å². The molecule has 1 spiro atoms. The van der Waals surface area contributed by atoms with E-state index in [9.17, 15) is 23.9 Å². The van der Waals surface area contributed by atoms with Gasteiger partial charge in [0.2, 0.25) is 11.8 Å². The van der Waals surface area contributed by atoms with E-state index in [2.05, 4.69) is 5.32 Å². The number of carbonyl (C=O) groups is 3. The van der Waals surface area contributed by atoms with Crippen molar-refractivity contribution in [2.24, 2.45) is 0 Å². The minimum absolute atomic E-state index is 0.0415. The molecule has 31 heavy (non-hydrogen) atoms. The van der Waals surface area contributed by atoms with Crippen LogP contribution in [0.2, 0.25) is 5.02 Å². The fourth-order valence-corrected chi connectivity index (χ4v) is 6.13. The lowest BCUT2D eigenvalue weighted by Crippen LogP contribution is -2.45. The molecule has 2 aliphatic rings. The molecule has 0 bridgehead atoms. The van der Waals surface area contributed by atoms with Crippen molar-refractivity contribution in [2.45, 2.75) is 11.8 Å². The molecule has 2 aliphatic heterocycles. The van der Waals surface area contributed by atoms with Gasteiger partial charge >= 0.3 is 5.97 Å². The fourth-order valence-electron chi connectivity index (χ4n) is 4.52. The van der Waals surface area contributed by atoms with Gasteiger partial charge in [-0.25, -0.2) is 9.18 Å². The Morgan fingerprint density at radius 1 is 1.23 bits per heavy atom. The number of halogens is 2. The number of nitrogens with one attached hydrogen (secondary N) is 1. The number of hydrogen-bond donors (Lipinski definition) is 2. The highest BCUT2D eigenvalue weighted by molar-refractivity contribution is 7.15. The molecule has 1 aromatic heterocycles. The predicted octanol–water partition coefficient (Wildman–Crippen LogP) is 4.51. The molecule has 6 nitrogen and oxygen atoms in total. The highest BCUT2D eigenvalue weighted by Gasteiger charge is 2.57. The van der Waals surface area contributed by atoms with E-state index in [0.717, 1.165) is 11.3 Å². The van der Waals surface area contributed by atoms with E-state index in [1.54, 1.807) is 31.3 Å². The number of anilines is 2. The van der Waals surface area contributed by atoms with Gasteiger partial charge in [-0.2, -0.15) is 0 Å². The number of fused-ring (bicyclic) bond motifs is 4. The second-order valence-electron chi connectivity index (χ2n) is 7.43. The number of thiophene rings is 1. The first-order valence-corrected chi connectivity index (χ1v) is 10.5. The third kappa shape index (κ3) is 2.52. The van der Waals surface area contributed by atoms with Gasteiger partial charge in [-0.3, -0.25) is 9.59 Å². The third-order valence-electron chi connectivity index (χ3n) is 5.78. The predicted molar refractivity (Wildman–Crippen MR) is 116 cm³/mol. The highest BCUT2D eigenvalue weighted by atomic mass is 35.5. The van der Waals surface area contributed by atoms with Crippen LogP contribution in [0.3, 0.4) is 0 Å². The van der Waals surface area contributed by atoms with Crippen LogP contribution in [0.15, 0.2) is 42.5 Å². The first-order chi connectivity index (χ1) is 14.8. The Morgan fingerprint density at radius 2 is 1.97 bits per heavy atom.